The Labute approximate surface area is 104 Å². The zero-order chi connectivity index (χ0) is 13.0. The highest BCUT2D eigenvalue weighted by molar-refractivity contribution is 5.66. The summed E-state index contributed by atoms with van der Waals surface area (Å²) in [5.41, 5.74) is 6.24. The van der Waals surface area contributed by atoms with Gasteiger partial charge in [0.05, 0.1) is 7.11 Å². The molecule has 8 nitrogen and oxygen atoms in total. The van der Waals surface area contributed by atoms with E-state index in [0.29, 0.717) is 23.9 Å². The molecule has 0 bridgehead atoms. The number of hydrogen-bond donors (Lipinski definition) is 2. The molecule has 3 N–H and O–H groups in total. The van der Waals surface area contributed by atoms with Gasteiger partial charge in [-0.05, 0) is 0 Å². The molecular weight excluding hydrogens is 234 g/mol. The molecule has 0 atom stereocenters. The average molecular weight is 249 g/mol. The molecule has 18 heavy (non-hydrogen) atoms. The lowest BCUT2D eigenvalue weighted by Gasteiger charge is -2.09. The van der Waals surface area contributed by atoms with Crippen LogP contribution in [0, 0.1) is 0 Å². The number of rotatable bonds is 5. The summed E-state index contributed by atoms with van der Waals surface area (Å²) in [6.45, 7) is 0.650. The summed E-state index contributed by atoms with van der Waals surface area (Å²) in [4.78, 5) is 7.96. The second-order valence-electron chi connectivity index (χ2n) is 3.68. The topological polar surface area (TPSA) is 104 Å². The number of methoxy groups -OCH3 is 1. The van der Waals surface area contributed by atoms with Crippen LogP contribution in [0.4, 0.5) is 11.5 Å². The van der Waals surface area contributed by atoms with E-state index in [9.17, 15) is 0 Å². The molecule has 0 amide bonds. The Bertz CT molecular complexity index is 525. The predicted molar refractivity (Wildman–Crippen MR) is 66.2 cm³/mol. The summed E-state index contributed by atoms with van der Waals surface area (Å²) in [6, 6.07) is 0. The maximum atomic E-state index is 5.84. The number of ether oxygens (including phenoxy) is 1. The molecule has 2 rings (SSSR count). The third kappa shape index (κ3) is 2.47. The molecule has 0 fully saturated rings. The summed E-state index contributed by atoms with van der Waals surface area (Å²) >= 11 is 0. The zero-order valence-corrected chi connectivity index (χ0v) is 10.3. The fourth-order valence-electron chi connectivity index (χ4n) is 1.51. The Morgan fingerprint density at radius 1 is 1.44 bits per heavy atom. The number of nitrogens with two attached hydrogens (primary N) is 1. The normalized spacial score (nSPS) is 10.3. The first-order chi connectivity index (χ1) is 8.72. The van der Waals surface area contributed by atoms with Crippen LogP contribution in [0.2, 0.25) is 0 Å². The van der Waals surface area contributed by atoms with Gasteiger partial charge in [0, 0.05) is 20.0 Å². The van der Waals surface area contributed by atoms with Gasteiger partial charge in [-0.25, -0.2) is 4.98 Å². The van der Waals surface area contributed by atoms with Crippen LogP contribution in [0.1, 0.15) is 5.82 Å². The van der Waals surface area contributed by atoms with Crippen molar-refractivity contribution >= 4 is 11.5 Å². The molecule has 2 heterocycles. The zero-order valence-electron chi connectivity index (χ0n) is 10.3. The molecule has 0 aromatic carbocycles. The Kier molecular flexibility index (Phi) is 3.56. The number of nitrogens with zero attached hydrogens (tertiary/aromatic N) is 5. The monoisotopic (exact) mass is 249 g/mol. The first kappa shape index (κ1) is 12.1. The Hall–Kier alpha value is -2.38. The Morgan fingerprint density at radius 2 is 2.28 bits per heavy atom. The van der Waals surface area contributed by atoms with Crippen molar-refractivity contribution in [2.75, 3.05) is 24.7 Å². The highest BCUT2D eigenvalue weighted by Gasteiger charge is 2.08. The summed E-state index contributed by atoms with van der Waals surface area (Å²) in [5.74, 6) is 1.82. The van der Waals surface area contributed by atoms with Crippen LogP contribution < -0.4 is 15.8 Å². The SMILES string of the molecule is COc1ncnc(NCCc2nncn2C)c1N. The molecular formula is C10H15N7O. The van der Waals surface area contributed by atoms with E-state index in [0.717, 1.165) is 12.2 Å². The van der Waals surface area contributed by atoms with Crippen LogP contribution in [0.15, 0.2) is 12.7 Å². The lowest BCUT2D eigenvalue weighted by Crippen LogP contribution is -2.12. The van der Waals surface area contributed by atoms with Gasteiger partial charge in [-0.1, -0.05) is 0 Å². The Morgan fingerprint density at radius 3 is 2.94 bits per heavy atom. The summed E-state index contributed by atoms with van der Waals surface area (Å²) in [6.07, 6.45) is 3.79. The summed E-state index contributed by atoms with van der Waals surface area (Å²) in [5, 5.41) is 10.9. The molecule has 96 valence electrons. The van der Waals surface area contributed by atoms with Crippen LogP contribution in [-0.2, 0) is 13.5 Å². The van der Waals surface area contributed by atoms with E-state index >= 15 is 0 Å². The lowest BCUT2D eigenvalue weighted by atomic mass is 10.4. The van der Waals surface area contributed by atoms with E-state index in [1.807, 2.05) is 11.6 Å². The van der Waals surface area contributed by atoms with Crippen molar-refractivity contribution in [2.24, 2.45) is 7.05 Å². The van der Waals surface area contributed by atoms with Crippen LogP contribution >= 0.6 is 0 Å². The second kappa shape index (κ2) is 5.30. The molecule has 0 saturated heterocycles. The van der Waals surface area contributed by atoms with Gasteiger partial charge in [-0.3, -0.25) is 0 Å². The van der Waals surface area contributed by atoms with E-state index in [2.05, 4.69) is 25.5 Å². The Balaban J connectivity index is 1.96. The van der Waals surface area contributed by atoms with E-state index in [1.54, 1.807) is 6.33 Å². The molecule has 8 heteroatoms. The van der Waals surface area contributed by atoms with Crippen LogP contribution in [0.25, 0.3) is 0 Å². The smallest absolute Gasteiger partial charge is 0.242 e. The highest BCUT2D eigenvalue weighted by Crippen LogP contribution is 2.23. The van der Waals surface area contributed by atoms with Crippen molar-refractivity contribution in [3.05, 3.63) is 18.5 Å². The van der Waals surface area contributed by atoms with Gasteiger partial charge in [0.15, 0.2) is 5.82 Å². The molecule has 0 radical (unpaired) electrons. The molecule has 0 unspecified atom stereocenters. The fraction of sp³-hybridized carbons (Fsp3) is 0.400. The number of hydrogen-bond acceptors (Lipinski definition) is 7. The molecule has 0 aliphatic heterocycles. The molecule has 0 aliphatic rings. The quantitative estimate of drug-likeness (QED) is 0.759. The molecule has 0 spiro atoms. The average Bonchev–Trinajstić information content (AvgIpc) is 2.77. The summed E-state index contributed by atoms with van der Waals surface area (Å²) < 4.78 is 6.88. The van der Waals surface area contributed by atoms with Crippen molar-refractivity contribution < 1.29 is 4.74 Å². The molecule has 0 aliphatic carbocycles. The molecule has 0 saturated carbocycles. The van der Waals surface area contributed by atoms with Crippen molar-refractivity contribution in [3.63, 3.8) is 0 Å². The minimum atomic E-state index is 0.367. The van der Waals surface area contributed by atoms with Gasteiger partial charge in [-0.2, -0.15) is 4.98 Å². The summed E-state index contributed by atoms with van der Waals surface area (Å²) in [7, 11) is 3.42. The van der Waals surface area contributed by atoms with E-state index in [-0.39, 0.29) is 0 Å². The van der Waals surface area contributed by atoms with Gasteiger partial charge in [-0.15, -0.1) is 10.2 Å². The van der Waals surface area contributed by atoms with Gasteiger partial charge in [0.1, 0.15) is 24.2 Å². The van der Waals surface area contributed by atoms with Crippen molar-refractivity contribution in [2.45, 2.75) is 6.42 Å². The first-order valence-corrected chi connectivity index (χ1v) is 5.43. The van der Waals surface area contributed by atoms with Gasteiger partial charge in [0.2, 0.25) is 5.88 Å². The largest absolute Gasteiger partial charge is 0.479 e. The standard InChI is InChI=1S/C10H15N7O/c1-17-6-15-16-7(17)3-4-12-9-8(11)10(18-2)14-5-13-9/h5-6H,3-4,11H2,1-2H3,(H,12,13,14). The fourth-order valence-corrected chi connectivity index (χ4v) is 1.51. The van der Waals surface area contributed by atoms with Crippen molar-refractivity contribution in [1.82, 2.24) is 24.7 Å². The van der Waals surface area contributed by atoms with Gasteiger partial charge >= 0.3 is 0 Å². The minimum absolute atomic E-state index is 0.367. The van der Waals surface area contributed by atoms with Crippen LogP contribution in [0.3, 0.4) is 0 Å². The molecule has 2 aromatic heterocycles. The van der Waals surface area contributed by atoms with Crippen LogP contribution in [-0.4, -0.2) is 38.4 Å². The van der Waals surface area contributed by atoms with Gasteiger partial charge < -0.3 is 20.4 Å². The van der Waals surface area contributed by atoms with E-state index in [4.69, 9.17) is 10.5 Å². The number of aromatic nitrogens is 5. The third-order valence-corrected chi connectivity index (χ3v) is 2.49. The van der Waals surface area contributed by atoms with Gasteiger partial charge in [0.25, 0.3) is 0 Å². The van der Waals surface area contributed by atoms with Crippen LogP contribution in [0.5, 0.6) is 5.88 Å². The number of nitrogens with one attached hydrogen (secondary N) is 1. The lowest BCUT2D eigenvalue weighted by molar-refractivity contribution is 0.399. The van der Waals surface area contributed by atoms with Crippen molar-refractivity contribution in [3.8, 4) is 5.88 Å². The van der Waals surface area contributed by atoms with E-state index < -0.39 is 0 Å². The number of anilines is 2. The first-order valence-electron chi connectivity index (χ1n) is 5.43. The minimum Gasteiger partial charge on any atom is -0.479 e. The predicted octanol–water partition coefficient (Wildman–Crippen LogP) is -0.150. The van der Waals surface area contributed by atoms with E-state index in [1.165, 1.54) is 13.4 Å². The third-order valence-electron chi connectivity index (χ3n) is 2.49. The maximum Gasteiger partial charge on any atom is 0.242 e. The van der Waals surface area contributed by atoms with Crippen molar-refractivity contribution in [1.29, 1.82) is 0 Å². The number of aryl methyl sites for hydroxylation is 1. The number of nitrogen functional groups attached to an aromatic ring is 1. The highest BCUT2D eigenvalue weighted by atomic mass is 16.5. The second-order valence-corrected chi connectivity index (χ2v) is 3.68. The maximum absolute atomic E-state index is 5.84. The molecule has 2 aromatic rings.